The number of anilines is 1. The molecule has 4 rings (SSSR count). The van der Waals surface area contributed by atoms with Gasteiger partial charge in [0, 0.05) is 41.2 Å². The summed E-state index contributed by atoms with van der Waals surface area (Å²) in [5.74, 6) is -0.245. The van der Waals surface area contributed by atoms with Gasteiger partial charge in [0.05, 0.1) is 4.92 Å². The second-order valence-corrected chi connectivity index (χ2v) is 9.75. The van der Waals surface area contributed by atoms with Crippen LogP contribution < -0.4 is 4.90 Å². The molecule has 2 aromatic rings. The van der Waals surface area contributed by atoms with Gasteiger partial charge < -0.3 is 4.90 Å². The van der Waals surface area contributed by atoms with E-state index in [1.165, 1.54) is 12.1 Å². The van der Waals surface area contributed by atoms with Crippen LogP contribution in [0.2, 0.25) is 0 Å². The van der Waals surface area contributed by atoms with Gasteiger partial charge in [0.25, 0.3) is 5.69 Å². The lowest BCUT2D eigenvalue weighted by Gasteiger charge is -2.40. The summed E-state index contributed by atoms with van der Waals surface area (Å²) in [4.78, 5) is 28.1. The third-order valence-corrected chi connectivity index (χ3v) is 6.56. The molecule has 31 heavy (non-hydrogen) atoms. The third kappa shape index (κ3) is 3.94. The number of halogens is 1. The number of nitro groups is 1. The molecule has 7 heteroatoms. The number of fused-ring (bicyclic) bond motifs is 2. The topological polar surface area (TPSA) is 66.7 Å². The van der Waals surface area contributed by atoms with E-state index in [1.54, 1.807) is 24.3 Å². The van der Waals surface area contributed by atoms with E-state index < -0.39 is 5.41 Å². The molecule has 2 heterocycles. The first kappa shape index (κ1) is 21.4. The number of amides is 1. The first-order chi connectivity index (χ1) is 14.6. The molecule has 1 amide bonds. The number of rotatable bonds is 3. The predicted molar refractivity (Wildman–Crippen MR) is 117 cm³/mol. The molecule has 0 N–H and O–H groups in total. The summed E-state index contributed by atoms with van der Waals surface area (Å²) in [5.41, 5.74) is 1.76. The first-order valence-corrected chi connectivity index (χ1v) is 10.7. The molecule has 0 radical (unpaired) electrons. The zero-order valence-electron chi connectivity index (χ0n) is 18.2. The van der Waals surface area contributed by atoms with E-state index in [4.69, 9.17) is 0 Å². The van der Waals surface area contributed by atoms with Crippen LogP contribution in [0.15, 0.2) is 42.5 Å². The second kappa shape index (κ2) is 7.71. The Morgan fingerprint density at radius 2 is 1.84 bits per heavy atom. The summed E-state index contributed by atoms with van der Waals surface area (Å²) < 4.78 is 14.2. The van der Waals surface area contributed by atoms with Crippen LogP contribution in [0.5, 0.6) is 0 Å². The van der Waals surface area contributed by atoms with Crippen molar-refractivity contribution in [2.45, 2.75) is 45.6 Å². The minimum Gasteiger partial charge on any atom is -0.311 e. The highest BCUT2D eigenvalue weighted by Gasteiger charge is 2.48. The highest BCUT2D eigenvalue weighted by Crippen LogP contribution is 2.48. The lowest BCUT2D eigenvalue weighted by atomic mass is 9.74. The normalized spacial score (nSPS) is 18.3. The third-order valence-electron chi connectivity index (χ3n) is 6.56. The Balaban J connectivity index is 1.56. The van der Waals surface area contributed by atoms with E-state index in [-0.39, 0.29) is 27.8 Å². The van der Waals surface area contributed by atoms with Crippen molar-refractivity contribution < 1.29 is 14.1 Å². The number of piperidine rings is 1. The molecule has 0 unspecified atom stereocenters. The van der Waals surface area contributed by atoms with Crippen molar-refractivity contribution in [1.82, 2.24) is 4.90 Å². The van der Waals surface area contributed by atoms with E-state index in [2.05, 4.69) is 4.90 Å². The number of hydrogen-bond donors (Lipinski definition) is 0. The Hall–Kier alpha value is -2.80. The monoisotopic (exact) mass is 425 g/mol. The smallest absolute Gasteiger partial charge is 0.273 e. The van der Waals surface area contributed by atoms with Crippen molar-refractivity contribution in [3.8, 4) is 0 Å². The standard InChI is InChI=1S/C24H28FN3O3/c1-23(2,3)22(29)27-16-24(19-14-18(25)8-9-21(19)27)10-12-26(13-11-24)15-17-6-4-5-7-20(17)28(30)31/h4-9,14H,10-13,15-16H2,1-3H3. The summed E-state index contributed by atoms with van der Waals surface area (Å²) in [6.45, 7) is 8.24. The number of nitrogens with zero attached hydrogens (tertiary/aromatic N) is 3. The molecule has 0 atom stereocenters. The van der Waals surface area contributed by atoms with Crippen LogP contribution in [0.3, 0.4) is 0 Å². The van der Waals surface area contributed by atoms with E-state index in [9.17, 15) is 19.3 Å². The van der Waals surface area contributed by atoms with Crippen LogP contribution in [0, 0.1) is 21.3 Å². The Kier molecular flexibility index (Phi) is 5.33. The van der Waals surface area contributed by atoms with Crippen LogP contribution >= 0.6 is 0 Å². The highest BCUT2D eigenvalue weighted by molar-refractivity contribution is 5.99. The van der Waals surface area contributed by atoms with Crippen molar-refractivity contribution >= 4 is 17.3 Å². The van der Waals surface area contributed by atoms with Crippen LogP contribution in [-0.2, 0) is 16.8 Å². The average molecular weight is 426 g/mol. The van der Waals surface area contributed by atoms with E-state index in [0.29, 0.717) is 18.7 Å². The summed E-state index contributed by atoms with van der Waals surface area (Å²) in [5, 5.41) is 11.3. The van der Waals surface area contributed by atoms with Gasteiger partial charge in [-0.05, 0) is 49.7 Å². The van der Waals surface area contributed by atoms with Gasteiger partial charge in [0.15, 0.2) is 0 Å². The highest BCUT2D eigenvalue weighted by atomic mass is 19.1. The maximum atomic E-state index is 14.2. The van der Waals surface area contributed by atoms with Gasteiger partial charge in [0.2, 0.25) is 5.91 Å². The molecule has 0 saturated carbocycles. The zero-order valence-corrected chi connectivity index (χ0v) is 18.2. The average Bonchev–Trinajstić information content (AvgIpc) is 3.02. The Labute approximate surface area is 181 Å². The summed E-state index contributed by atoms with van der Waals surface area (Å²) in [6.07, 6.45) is 1.55. The Bertz CT molecular complexity index is 1020. The van der Waals surface area contributed by atoms with Crippen molar-refractivity contribution in [3.63, 3.8) is 0 Å². The largest absolute Gasteiger partial charge is 0.311 e. The minimum absolute atomic E-state index is 0.0413. The van der Waals surface area contributed by atoms with Gasteiger partial charge in [0.1, 0.15) is 5.82 Å². The number of benzene rings is 2. The second-order valence-electron chi connectivity index (χ2n) is 9.75. The molecule has 0 aliphatic carbocycles. The SMILES string of the molecule is CC(C)(C)C(=O)N1CC2(CCN(Cc3ccccc3[N+](=O)[O-])CC2)c2cc(F)ccc21. The molecular formula is C24H28FN3O3. The van der Waals surface area contributed by atoms with Gasteiger partial charge in [-0.15, -0.1) is 0 Å². The fourth-order valence-corrected chi connectivity index (χ4v) is 4.86. The number of nitro benzene ring substituents is 1. The van der Waals surface area contributed by atoms with Crippen LogP contribution in [0.25, 0.3) is 0 Å². The van der Waals surface area contributed by atoms with E-state index >= 15 is 0 Å². The molecule has 2 aliphatic heterocycles. The van der Waals surface area contributed by atoms with E-state index in [1.807, 2.05) is 31.7 Å². The van der Waals surface area contributed by atoms with Crippen molar-refractivity contribution in [2.24, 2.45) is 5.41 Å². The molecule has 0 aromatic heterocycles. The fourth-order valence-electron chi connectivity index (χ4n) is 4.86. The predicted octanol–water partition coefficient (Wildman–Crippen LogP) is 4.66. The number of likely N-dealkylation sites (tertiary alicyclic amines) is 1. The summed E-state index contributed by atoms with van der Waals surface area (Å²) in [6, 6.07) is 11.6. The molecular weight excluding hydrogens is 397 g/mol. The molecule has 6 nitrogen and oxygen atoms in total. The number of carbonyl (C=O) groups is 1. The maximum absolute atomic E-state index is 14.2. The van der Waals surface area contributed by atoms with Crippen LogP contribution in [0.1, 0.15) is 44.7 Å². The van der Waals surface area contributed by atoms with Gasteiger partial charge in [-0.1, -0.05) is 39.0 Å². The van der Waals surface area contributed by atoms with Gasteiger partial charge >= 0.3 is 0 Å². The fraction of sp³-hybridized carbons (Fsp3) is 0.458. The number of carbonyl (C=O) groups excluding carboxylic acids is 1. The quantitative estimate of drug-likeness (QED) is 0.530. The number of para-hydroxylation sites is 1. The van der Waals surface area contributed by atoms with Crippen molar-refractivity contribution in [1.29, 1.82) is 0 Å². The first-order valence-electron chi connectivity index (χ1n) is 10.7. The van der Waals surface area contributed by atoms with Gasteiger partial charge in [-0.2, -0.15) is 0 Å². The van der Waals surface area contributed by atoms with Crippen LogP contribution in [0.4, 0.5) is 15.8 Å². The number of hydrogen-bond acceptors (Lipinski definition) is 4. The molecule has 1 fully saturated rings. The molecule has 1 spiro atoms. The molecule has 164 valence electrons. The molecule has 2 aliphatic rings. The van der Waals surface area contributed by atoms with Crippen LogP contribution in [-0.4, -0.2) is 35.4 Å². The van der Waals surface area contributed by atoms with Crippen molar-refractivity contribution in [2.75, 3.05) is 24.5 Å². The summed E-state index contributed by atoms with van der Waals surface area (Å²) >= 11 is 0. The van der Waals surface area contributed by atoms with Gasteiger partial charge in [-0.25, -0.2) is 4.39 Å². The minimum atomic E-state index is -0.524. The Morgan fingerprint density at radius 3 is 2.48 bits per heavy atom. The molecule has 1 saturated heterocycles. The lowest BCUT2D eigenvalue weighted by molar-refractivity contribution is -0.385. The van der Waals surface area contributed by atoms with Crippen molar-refractivity contribution in [3.05, 3.63) is 69.5 Å². The van der Waals surface area contributed by atoms with Gasteiger partial charge in [-0.3, -0.25) is 19.8 Å². The maximum Gasteiger partial charge on any atom is 0.273 e. The zero-order chi connectivity index (χ0) is 22.4. The molecule has 2 aromatic carbocycles. The Morgan fingerprint density at radius 1 is 1.16 bits per heavy atom. The molecule has 0 bridgehead atoms. The van der Waals surface area contributed by atoms with E-state index in [0.717, 1.165) is 37.2 Å². The lowest BCUT2D eigenvalue weighted by Crippen LogP contribution is -2.47. The summed E-state index contributed by atoms with van der Waals surface area (Å²) in [7, 11) is 0.